The van der Waals surface area contributed by atoms with Gasteiger partial charge in [0.2, 0.25) is 0 Å². The number of aryl methyl sites for hydroxylation is 1. The van der Waals surface area contributed by atoms with Gasteiger partial charge in [0.25, 0.3) is 0 Å². The maximum absolute atomic E-state index is 5.92. The van der Waals surface area contributed by atoms with E-state index in [0.717, 1.165) is 28.1 Å². The number of benzene rings is 2. The van der Waals surface area contributed by atoms with Gasteiger partial charge in [-0.2, -0.15) is 0 Å². The predicted octanol–water partition coefficient (Wildman–Crippen LogP) is 5.31. The Hall–Kier alpha value is -2.63. The van der Waals surface area contributed by atoms with Crippen molar-refractivity contribution in [3.05, 3.63) is 87.8 Å². The predicted molar refractivity (Wildman–Crippen MR) is 105 cm³/mol. The average molecular weight is 385 g/mol. The molecule has 6 heteroatoms. The summed E-state index contributed by atoms with van der Waals surface area (Å²) in [5.74, 6) is 0.656. The smallest absolute Gasteiger partial charge is 0.170 e. The lowest BCUT2D eigenvalue weighted by Crippen LogP contribution is -2.07. The van der Waals surface area contributed by atoms with E-state index >= 15 is 0 Å². The summed E-state index contributed by atoms with van der Waals surface area (Å²) >= 11 is 5.92. The first-order valence-corrected chi connectivity index (χ1v) is 8.92. The second kappa shape index (κ2) is 8.84. The lowest BCUT2D eigenvalue weighted by Gasteiger charge is -2.16. The lowest BCUT2D eigenvalue weighted by molar-refractivity contribution is 0.101. The van der Waals surface area contributed by atoms with Crippen LogP contribution in [-0.2, 0) is 16.2 Å². The summed E-state index contributed by atoms with van der Waals surface area (Å²) in [6.45, 7) is 4.08. The molecule has 0 spiro atoms. The van der Waals surface area contributed by atoms with Crippen molar-refractivity contribution in [1.82, 2.24) is 5.16 Å². The van der Waals surface area contributed by atoms with Crippen LogP contribution in [0.1, 0.15) is 41.2 Å². The molecular weight excluding hydrogens is 364 g/mol. The third kappa shape index (κ3) is 4.76. The summed E-state index contributed by atoms with van der Waals surface area (Å²) in [6, 6.07) is 17.2. The summed E-state index contributed by atoms with van der Waals surface area (Å²) in [7, 11) is 1.64. The molecule has 0 N–H and O–H groups in total. The summed E-state index contributed by atoms with van der Waals surface area (Å²) < 4.78 is 11.0. The van der Waals surface area contributed by atoms with Gasteiger partial charge < -0.3 is 14.1 Å². The number of ether oxygens (including phenoxy) is 1. The zero-order chi connectivity index (χ0) is 19.2. The van der Waals surface area contributed by atoms with Gasteiger partial charge in [-0.05, 0) is 42.7 Å². The van der Waals surface area contributed by atoms with Crippen molar-refractivity contribution in [2.24, 2.45) is 5.16 Å². The normalized spacial score (nSPS) is 12.8. The lowest BCUT2D eigenvalue weighted by atomic mass is 10.0. The fourth-order valence-electron chi connectivity index (χ4n) is 2.77. The summed E-state index contributed by atoms with van der Waals surface area (Å²) in [6.07, 6.45) is -0.354. The Kier molecular flexibility index (Phi) is 6.27. The van der Waals surface area contributed by atoms with Gasteiger partial charge >= 0.3 is 0 Å². The number of aromatic nitrogens is 1. The van der Waals surface area contributed by atoms with Crippen LogP contribution in [0.4, 0.5) is 0 Å². The van der Waals surface area contributed by atoms with Gasteiger partial charge in [-0.25, -0.2) is 0 Å². The van der Waals surface area contributed by atoms with Crippen molar-refractivity contribution in [3.8, 4) is 0 Å². The van der Waals surface area contributed by atoms with Crippen molar-refractivity contribution in [2.45, 2.75) is 26.6 Å². The van der Waals surface area contributed by atoms with Crippen molar-refractivity contribution in [2.75, 3.05) is 7.11 Å². The molecule has 2 aromatic carbocycles. The van der Waals surface area contributed by atoms with Crippen LogP contribution in [0.3, 0.4) is 0 Å². The van der Waals surface area contributed by atoms with Gasteiger partial charge in [-0.15, -0.1) is 0 Å². The Labute approximate surface area is 163 Å². The van der Waals surface area contributed by atoms with Gasteiger partial charge in [0.1, 0.15) is 12.7 Å². The Bertz CT molecular complexity index is 919. The van der Waals surface area contributed by atoms with E-state index < -0.39 is 0 Å². The number of methoxy groups -OCH3 is 1. The maximum atomic E-state index is 5.92. The van der Waals surface area contributed by atoms with Crippen molar-refractivity contribution in [3.63, 3.8) is 0 Å². The minimum atomic E-state index is -0.354. The van der Waals surface area contributed by atoms with Crippen LogP contribution in [0.25, 0.3) is 0 Å². The van der Waals surface area contributed by atoms with E-state index in [9.17, 15) is 0 Å². The third-order valence-electron chi connectivity index (χ3n) is 4.16. The Morgan fingerprint density at radius 3 is 2.59 bits per heavy atom. The minimum Gasteiger partial charge on any atom is -0.391 e. The van der Waals surface area contributed by atoms with Crippen LogP contribution in [0.2, 0.25) is 5.02 Å². The highest BCUT2D eigenvalue weighted by Crippen LogP contribution is 2.29. The Morgan fingerprint density at radius 1 is 1.19 bits per heavy atom. The third-order valence-corrected chi connectivity index (χ3v) is 4.41. The quantitative estimate of drug-likeness (QED) is 0.409. The summed E-state index contributed by atoms with van der Waals surface area (Å²) in [4.78, 5) is 5.60. The molecule has 140 valence electrons. The fraction of sp³-hybridized carbons (Fsp3) is 0.238. The zero-order valence-corrected chi connectivity index (χ0v) is 16.2. The molecule has 3 rings (SSSR count). The summed E-state index contributed by atoms with van der Waals surface area (Å²) in [5.41, 5.74) is 4.46. The van der Waals surface area contributed by atoms with Gasteiger partial charge in [-0.3, -0.25) is 0 Å². The van der Waals surface area contributed by atoms with E-state index in [1.54, 1.807) is 7.11 Å². The number of hydrogen-bond acceptors (Lipinski definition) is 5. The van der Waals surface area contributed by atoms with E-state index in [2.05, 4.69) is 10.3 Å². The molecule has 0 saturated carbocycles. The molecule has 0 radical (unpaired) electrons. The highest BCUT2D eigenvalue weighted by atomic mass is 35.5. The first-order chi connectivity index (χ1) is 13.1. The average Bonchev–Trinajstić information content (AvgIpc) is 3.10. The second-order valence-electron chi connectivity index (χ2n) is 6.14. The maximum Gasteiger partial charge on any atom is 0.170 e. The van der Waals surface area contributed by atoms with Gasteiger partial charge in [0.15, 0.2) is 5.76 Å². The molecule has 5 nitrogen and oxygen atoms in total. The van der Waals surface area contributed by atoms with Crippen LogP contribution in [0.5, 0.6) is 0 Å². The van der Waals surface area contributed by atoms with Crippen LogP contribution in [0.15, 0.2) is 64.3 Å². The Morgan fingerprint density at radius 2 is 1.93 bits per heavy atom. The van der Waals surface area contributed by atoms with Gasteiger partial charge in [0, 0.05) is 18.2 Å². The van der Waals surface area contributed by atoms with E-state index in [1.165, 1.54) is 0 Å². The van der Waals surface area contributed by atoms with Crippen molar-refractivity contribution < 1.29 is 14.1 Å². The number of hydrogen-bond donors (Lipinski definition) is 0. The van der Waals surface area contributed by atoms with Crippen LogP contribution in [-0.4, -0.2) is 18.0 Å². The molecule has 0 fully saturated rings. The van der Waals surface area contributed by atoms with E-state index in [-0.39, 0.29) is 6.10 Å². The largest absolute Gasteiger partial charge is 0.391 e. The molecule has 0 aliphatic carbocycles. The van der Waals surface area contributed by atoms with Gasteiger partial charge in [-0.1, -0.05) is 58.3 Å². The highest BCUT2D eigenvalue weighted by molar-refractivity contribution is 6.30. The van der Waals surface area contributed by atoms with Crippen LogP contribution < -0.4 is 0 Å². The minimum absolute atomic E-state index is 0.314. The van der Waals surface area contributed by atoms with Crippen LogP contribution >= 0.6 is 11.6 Å². The molecule has 0 bridgehead atoms. The number of rotatable bonds is 7. The standard InChI is InChI=1S/C21H21ClN2O3/c1-14-12-20(27-23-14)21(25-3)19-7-5-4-6-17(19)13-26-24-15(2)16-8-10-18(22)11-9-16/h4-12,21H,13H2,1-3H3/b24-15+. The van der Waals surface area contributed by atoms with Crippen molar-refractivity contribution in [1.29, 1.82) is 0 Å². The van der Waals surface area contributed by atoms with E-state index in [1.807, 2.05) is 68.4 Å². The fourth-order valence-corrected chi connectivity index (χ4v) is 2.89. The van der Waals surface area contributed by atoms with E-state index in [4.69, 9.17) is 25.7 Å². The first-order valence-electron chi connectivity index (χ1n) is 8.55. The second-order valence-corrected chi connectivity index (χ2v) is 6.58. The topological polar surface area (TPSA) is 56.9 Å². The van der Waals surface area contributed by atoms with Crippen molar-refractivity contribution >= 4 is 17.3 Å². The van der Waals surface area contributed by atoms with Gasteiger partial charge in [0.05, 0.1) is 11.4 Å². The summed E-state index contributed by atoms with van der Waals surface area (Å²) in [5, 5.41) is 8.86. The molecule has 1 heterocycles. The molecule has 0 amide bonds. The molecular formula is C21H21ClN2O3. The number of nitrogens with zero attached hydrogens (tertiary/aromatic N) is 2. The van der Waals surface area contributed by atoms with Crippen LogP contribution in [0, 0.1) is 6.92 Å². The first kappa shape index (κ1) is 19.1. The Balaban J connectivity index is 1.76. The molecule has 0 aliphatic heterocycles. The monoisotopic (exact) mass is 384 g/mol. The van der Waals surface area contributed by atoms with E-state index in [0.29, 0.717) is 17.4 Å². The molecule has 0 saturated heterocycles. The molecule has 1 atom stereocenters. The zero-order valence-electron chi connectivity index (χ0n) is 15.5. The molecule has 0 aliphatic rings. The molecule has 1 unspecified atom stereocenters. The molecule has 27 heavy (non-hydrogen) atoms. The molecule has 1 aromatic heterocycles. The number of oxime groups is 1. The highest BCUT2D eigenvalue weighted by Gasteiger charge is 2.21. The molecule has 3 aromatic rings. The number of halogens is 1. The SMILES string of the molecule is COC(c1cc(C)no1)c1ccccc1CO/N=C(\C)c1ccc(Cl)cc1.